The summed E-state index contributed by atoms with van der Waals surface area (Å²) >= 11 is 0. The second-order valence-corrected chi connectivity index (χ2v) is 9.98. The van der Waals surface area contributed by atoms with Crippen molar-refractivity contribution in [2.24, 2.45) is 5.92 Å². The molecule has 202 valence electrons. The van der Waals surface area contributed by atoms with Crippen LogP contribution in [0.15, 0.2) is 0 Å². The van der Waals surface area contributed by atoms with Crippen LogP contribution in [0.2, 0.25) is 0 Å². The number of esters is 1. The lowest BCUT2D eigenvalue weighted by atomic mass is 10.0. The van der Waals surface area contributed by atoms with E-state index >= 15 is 0 Å². The Balaban J connectivity index is 3.82. The van der Waals surface area contributed by atoms with Gasteiger partial charge in [0.1, 0.15) is 12.6 Å². The zero-order valence-corrected chi connectivity index (χ0v) is 23.1. The Bertz CT molecular complexity index is 483. The van der Waals surface area contributed by atoms with Gasteiger partial charge in [-0.1, -0.05) is 111 Å². The number of hydrogen-bond acceptors (Lipinski definition) is 5. The molecule has 6 nitrogen and oxygen atoms in total. The highest BCUT2D eigenvalue weighted by Gasteiger charge is 2.30. The van der Waals surface area contributed by atoms with Gasteiger partial charge in [0, 0.05) is 14.2 Å². The molecule has 1 unspecified atom stereocenters. The second-order valence-electron chi connectivity index (χ2n) is 9.98. The minimum absolute atomic E-state index is 0.169. The molecule has 0 heterocycles. The number of amides is 1. The molecule has 0 fully saturated rings. The van der Waals surface area contributed by atoms with Crippen LogP contribution >= 0.6 is 0 Å². The van der Waals surface area contributed by atoms with E-state index in [1.165, 1.54) is 88.4 Å². The van der Waals surface area contributed by atoms with Crippen molar-refractivity contribution in [3.63, 3.8) is 0 Å². The van der Waals surface area contributed by atoms with Gasteiger partial charge < -0.3 is 14.2 Å². The van der Waals surface area contributed by atoms with Gasteiger partial charge in [0.15, 0.2) is 0 Å². The molecule has 1 amide bonds. The summed E-state index contributed by atoms with van der Waals surface area (Å²) in [6.45, 7) is 7.24. The Morgan fingerprint density at radius 3 is 1.59 bits per heavy atom. The predicted molar refractivity (Wildman–Crippen MR) is 140 cm³/mol. The Morgan fingerprint density at radius 2 is 1.15 bits per heavy atom. The van der Waals surface area contributed by atoms with Crippen LogP contribution in [-0.4, -0.2) is 57.0 Å². The second kappa shape index (κ2) is 23.4. The first-order valence-corrected chi connectivity index (χ1v) is 14.0. The lowest BCUT2D eigenvalue weighted by molar-refractivity contribution is -0.149. The molecule has 0 saturated carbocycles. The van der Waals surface area contributed by atoms with Crippen molar-refractivity contribution in [1.29, 1.82) is 0 Å². The van der Waals surface area contributed by atoms with Crippen LogP contribution < -0.4 is 0 Å². The standard InChI is InChI=1S/C28H55NO5/c1-6-7-8-9-10-11-12-13-14-15-16-17-18-19-20-21-33-27(30)26(24-25(2)3)29(4)28(31)34-23-22-32-5/h25-26H,6-24H2,1-5H3. The molecule has 6 heteroatoms. The first kappa shape index (κ1) is 32.7. The van der Waals surface area contributed by atoms with Gasteiger partial charge in [-0.3, -0.25) is 4.90 Å². The number of carbonyl (C=O) groups is 2. The highest BCUT2D eigenvalue weighted by molar-refractivity contribution is 5.81. The van der Waals surface area contributed by atoms with Crippen molar-refractivity contribution in [2.45, 2.75) is 130 Å². The average molecular weight is 486 g/mol. The van der Waals surface area contributed by atoms with Gasteiger partial charge in [0.25, 0.3) is 0 Å². The van der Waals surface area contributed by atoms with E-state index in [4.69, 9.17) is 14.2 Å². The van der Waals surface area contributed by atoms with E-state index in [0.717, 1.165) is 12.8 Å². The zero-order chi connectivity index (χ0) is 25.4. The molecule has 0 aromatic rings. The molecule has 0 aliphatic heterocycles. The fourth-order valence-electron chi connectivity index (χ4n) is 4.04. The molecule has 0 bridgehead atoms. The number of carbonyl (C=O) groups excluding carboxylic acids is 2. The minimum atomic E-state index is -0.619. The number of rotatable bonds is 23. The molecule has 1 atom stereocenters. The monoisotopic (exact) mass is 485 g/mol. The highest BCUT2D eigenvalue weighted by atomic mass is 16.6. The van der Waals surface area contributed by atoms with Crippen LogP contribution in [0.5, 0.6) is 0 Å². The maximum Gasteiger partial charge on any atom is 0.410 e. The van der Waals surface area contributed by atoms with Crippen LogP contribution in [0.25, 0.3) is 0 Å². The summed E-state index contributed by atoms with van der Waals surface area (Å²) in [6, 6.07) is -0.619. The van der Waals surface area contributed by atoms with Crippen LogP contribution in [0.4, 0.5) is 4.79 Å². The summed E-state index contributed by atoms with van der Waals surface area (Å²) < 4.78 is 15.5. The maximum atomic E-state index is 12.6. The summed E-state index contributed by atoms with van der Waals surface area (Å²) in [6.07, 6.45) is 19.6. The molecule has 0 radical (unpaired) electrons. The largest absolute Gasteiger partial charge is 0.464 e. The molecule has 0 spiro atoms. The topological polar surface area (TPSA) is 65.1 Å². The van der Waals surface area contributed by atoms with Gasteiger partial charge >= 0.3 is 12.1 Å². The van der Waals surface area contributed by atoms with Crippen molar-refractivity contribution < 1.29 is 23.8 Å². The Morgan fingerprint density at radius 1 is 0.676 bits per heavy atom. The third kappa shape index (κ3) is 19.1. The first-order valence-electron chi connectivity index (χ1n) is 14.0. The van der Waals surface area contributed by atoms with Gasteiger partial charge in [-0.25, -0.2) is 9.59 Å². The molecule has 0 aliphatic rings. The number of hydrogen-bond donors (Lipinski definition) is 0. The number of ether oxygens (including phenoxy) is 3. The van der Waals surface area contributed by atoms with E-state index in [1.807, 2.05) is 13.8 Å². The van der Waals surface area contributed by atoms with E-state index in [0.29, 0.717) is 19.6 Å². The van der Waals surface area contributed by atoms with Crippen molar-refractivity contribution in [2.75, 3.05) is 34.0 Å². The summed E-state index contributed by atoms with van der Waals surface area (Å²) in [5.74, 6) is -0.0807. The molecule has 0 rings (SSSR count). The quantitative estimate of drug-likeness (QED) is 0.110. The SMILES string of the molecule is CCCCCCCCCCCCCCCCCOC(=O)C(CC(C)C)N(C)C(=O)OCCOC. The van der Waals surface area contributed by atoms with Gasteiger partial charge in [-0.05, 0) is 18.8 Å². The summed E-state index contributed by atoms with van der Waals surface area (Å²) in [5, 5.41) is 0. The highest BCUT2D eigenvalue weighted by Crippen LogP contribution is 2.15. The molecular weight excluding hydrogens is 430 g/mol. The van der Waals surface area contributed by atoms with E-state index in [9.17, 15) is 9.59 Å². The van der Waals surface area contributed by atoms with Gasteiger partial charge in [0.2, 0.25) is 0 Å². The zero-order valence-electron chi connectivity index (χ0n) is 23.1. The third-order valence-corrected chi connectivity index (χ3v) is 6.23. The van der Waals surface area contributed by atoms with E-state index < -0.39 is 12.1 Å². The number of unbranched alkanes of at least 4 members (excludes halogenated alkanes) is 14. The summed E-state index contributed by atoms with van der Waals surface area (Å²) in [5.41, 5.74) is 0. The van der Waals surface area contributed by atoms with E-state index in [-0.39, 0.29) is 18.5 Å². The fraction of sp³-hybridized carbons (Fsp3) is 0.929. The van der Waals surface area contributed by atoms with Crippen LogP contribution in [0, 0.1) is 5.92 Å². The summed E-state index contributed by atoms with van der Waals surface area (Å²) in [4.78, 5) is 26.2. The van der Waals surface area contributed by atoms with Crippen molar-refractivity contribution in [1.82, 2.24) is 4.90 Å². The lowest BCUT2D eigenvalue weighted by Gasteiger charge is -2.27. The average Bonchev–Trinajstić information content (AvgIpc) is 2.81. The Kier molecular flexibility index (Phi) is 22.5. The molecule has 0 aromatic carbocycles. The van der Waals surface area contributed by atoms with Crippen molar-refractivity contribution >= 4 is 12.1 Å². The van der Waals surface area contributed by atoms with Crippen LogP contribution in [-0.2, 0) is 19.0 Å². The molecule has 0 aromatic heterocycles. The maximum absolute atomic E-state index is 12.6. The summed E-state index contributed by atoms with van der Waals surface area (Å²) in [7, 11) is 3.14. The van der Waals surface area contributed by atoms with Crippen molar-refractivity contribution in [3.05, 3.63) is 0 Å². The fourth-order valence-corrected chi connectivity index (χ4v) is 4.04. The number of methoxy groups -OCH3 is 1. The minimum Gasteiger partial charge on any atom is -0.464 e. The molecular formula is C28H55NO5. The number of nitrogens with zero attached hydrogens (tertiary/aromatic N) is 1. The molecule has 34 heavy (non-hydrogen) atoms. The Labute approximate surface area is 210 Å². The Hall–Kier alpha value is -1.30. The third-order valence-electron chi connectivity index (χ3n) is 6.23. The molecule has 0 saturated heterocycles. The van der Waals surface area contributed by atoms with Crippen LogP contribution in [0.3, 0.4) is 0 Å². The van der Waals surface area contributed by atoms with Crippen LogP contribution in [0.1, 0.15) is 124 Å². The lowest BCUT2D eigenvalue weighted by Crippen LogP contribution is -2.44. The van der Waals surface area contributed by atoms with Crippen molar-refractivity contribution in [3.8, 4) is 0 Å². The van der Waals surface area contributed by atoms with Gasteiger partial charge in [-0.2, -0.15) is 0 Å². The predicted octanol–water partition coefficient (Wildman–Crippen LogP) is 7.53. The van der Waals surface area contributed by atoms with E-state index in [1.54, 1.807) is 14.2 Å². The number of likely N-dealkylation sites (N-methyl/N-ethyl adjacent to an activating group) is 1. The van der Waals surface area contributed by atoms with Gasteiger partial charge in [-0.15, -0.1) is 0 Å². The molecule has 0 N–H and O–H groups in total. The van der Waals surface area contributed by atoms with Gasteiger partial charge in [0.05, 0.1) is 13.2 Å². The normalized spacial score (nSPS) is 12.1. The smallest absolute Gasteiger partial charge is 0.410 e. The first-order chi connectivity index (χ1) is 16.4. The molecule has 0 aliphatic carbocycles. The van der Waals surface area contributed by atoms with E-state index in [2.05, 4.69) is 6.92 Å².